The van der Waals surface area contributed by atoms with E-state index in [1.807, 2.05) is 0 Å². The molecule has 0 unspecified atom stereocenters. The zero-order valence-electron chi connectivity index (χ0n) is 5.83. The quantitative estimate of drug-likeness (QED) is 0.695. The summed E-state index contributed by atoms with van der Waals surface area (Å²) in [6, 6.07) is 0. The Hall–Kier alpha value is 0.763. The van der Waals surface area contributed by atoms with Crippen LogP contribution in [-0.2, 0) is 24.7 Å². The molecule has 0 radical (unpaired) electrons. The molecule has 0 amide bonds. The smallest absolute Gasteiger partial charge is 0.870 e. The Labute approximate surface area is 71.6 Å². The van der Waals surface area contributed by atoms with E-state index in [2.05, 4.69) is 13.8 Å². The van der Waals surface area contributed by atoms with Crippen molar-refractivity contribution in [1.29, 1.82) is 0 Å². The van der Waals surface area contributed by atoms with Crippen LogP contribution in [0.5, 0.6) is 0 Å². The van der Waals surface area contributed by atoms with Gasteiger partial charge in [-0.3, -0.25) is 0 Å². The molecular formula is C5H14O3Zr. The third kappa shape index (κ3) is 28.3. The van der Waals surface area contributed by atoms with Crippen molar-refractivity contribution in [1.82, 2.24) is 0 Å². The molecule has 0 spiro atoms. The van der Waals surface area contributed by atoms with Gasteiger partial charge in [0.2, 0.25) is 0 Å². The van der Waals surface area contributed by atoms with E-state index < -0.39 is 0 Å². The van der Waals surface area contributed by atoms with Crippen LogP contribution in [-0.4, -0.2) is 16.4 Å². The topological polar surface area (TPSA) is 90.0 Å². The molecule has 4 heteroatoms. The second kappa shape index (κ2) is 15.9. The molecule has 3 N–H and O–H groups in total. The van der Waals surface area contributed by atoms with E-state index in [9.17, 15) is 0 Å². The molecule has 0 heterocycles. The van der Waals surface area contributed by atoms with Gasteiger partial charge in [-0.25, -0.2) is 0 Å². The predicted octanol–water partition coefficient (Wildman–Crippen LogP) is 1.47. The zero-order chi connectivity index (χ0) is 4.99. The molecule has 0 fully saturated rings. The molecule has 3 nitrogen and oxygen atoms in total. The largest absolute Gasteiger partial charge is 0.870 e. The zero-order valence-corrected chi connectivity index (χ0v) is 8.29. The van der Waals surface area contributed by atoms with Gasteiger partial charge in [-0.05, 0) is 0 Å². The molecule has 0 aromatic rings. The van der Waals surface area contributed by atoms with Crippen LogP contribution in [0.3, 0.4) is 0 Å². The van der Waals surface area contributed by atoms with Gasteiger partial charge in [0.25, 0.3) is 0 Å². The normalized spacial score (nSPS) is 6.78. The first-order valence-electron chi connectivity index (χ1n) is 2.42. The standard InChI is InChI=1S/C5H11.3H2O.Zr/c1-4-5(2)3;;;;/h5H,1,4H2,2-3H3;3*1H2;/q;;;;+3/p-3. The number of rotatable bonds is 2. The maximum Gasteiger partial charge on any atom is -0.870 e. The first kappa shape index (κ1) is 22.6. The summed E-state index contributed by atoms with van der Waals surface area (Å²) >= 11 is 1.68. The molecule has 9 heavy (non-hydrogen) atoms. The molecule has 0 aromatic carbocycles. The fourth-order valence-corrected chi connectivity index (χ4v) is 1.71. The molecule has 0 aliphatic heterocycles. The first-order valence-corrected chi connectivity index (χ1v) is 4.15. The van der Waals surface area contributed by atoms with Gasteiger partial charge >= 0.3 is 55.0 Å². The number of hydrogen-bond acceptors (Lipinski definition) is 3. The number of hydrogen-bond donors (Lipinski definition) is 0. The van der Waals surface area contributed by atoms with Gasteiger partial charge in [-0.2, -0.15) is 0 Å². The van der Waals surface area contributed by atoms with Gasteiger partial charge in [0, 0.05) is 0 Å². The second-order valence-corrected chi connectivity index (χ2v) is 3.16. The Kier molecular flexibility index (Phi) is 39.9. The van der Waals surface area contributed by atoms with Crippen LogP contribution in [0, 0.1) is 5.92 Å². The van der Waals surface area contributed by atoms with Gasteiger partial charge in [0.15, 0.2) is 0 Å². The van der Waals surface area contributed by atoms with Gasteiger partial charge in [-0.15, -0.1) is 0 Å². The third-order valence-corrected chi connectivity index (χ3v) is 1.43. The van der Waals surface area contributed by atoms with E-state index >= 15 is 0 Å². The molecule has 0 rings (SSSR count). The maximum atomic E-state index is 2.27. The minimum absolute atomic E-state index is 0. The molecule has 56 valence electrons. The van der Waals surface area contributed by atoms with Crippen LogP contribution in [0.1, 0.15) is 20.3 Å². The van der Waals surface area contributed by atoms with Crippen LogP contribution in [0.4, 0.5) is 0 Å². The summed E-state index contributed by atoms with van der Waals surface area (Å²) in [7, 11) is 0. The minimum Gasteiger partial charge on any atom is -0.870 e. The van der Waals surface area contributed by atoms with E-state index in [4.69, 9.17) is 0 Å². The van der Waals surface area contributed by atoms with Crippen LogP contribution in [0.2, 0.25) is 4.13 Å². The van der Waals surface area contributed by atoms with Gasteiger partial charge < -0.3 is 16.4 Å². The summed E-state index contributed by atoms with van der Waals surface area (Å²) in [5.41, 5.74) is 0. The summed E-state index contributed by atoms with van der Waals surface area (Å²) in [5.74, 6) is 0.921. The fourth-order valence-electron chi connectivity index (χ4n) is 0.289. The van der Waals surface area contributed by atoms with Gasteiger partial charge in [-0.1, -0.05) is 0 Å². The van der Waals surface area contributed by atoms with Gasteiger partial charge in [0.05, 0.1) is 0 Å². The van der Waals surface area contributed by atoms with Crippen molar-refractivity contribution in [2.45, 2.75) is 24.4 Å². The first-order chi connectivity index (χ1) is 2.77. The van der Waals surface area contributed by atoms with Crippen molar-refractivity contribution in [3.05, 3.63) is 0 Å². The minimum atomic E-state index is 0. The summed E-state index contributed by atoms with van der Waals surface area (Å²) < 4.78 is 1.42. The van der Waals surface area contributed by atoms with Crippen LogP contribution in [0.15, 0.2) is 0 Å². The Morgan fingerprint density at radius 1 is 1.11 bits per heavy atom. The van der Waals surface area contributed by atoms with Crippen LogP contribution in [0.25, 0.3) is 0 Å². The third-order valence-electron chi connectivity index (χ3n) is 0.722. The molecule has 0 bridgehead atoms. The molecular weight excluding hydrogens is 199 g/mol. The Morgan fingerprint density at radius 3 is 1.44 bits per heavy atom. The van der Waals surface area contributed by atoms with Crippen LogP contribution >= 0.6 is 0 Å². The van der Waals surface area contributed by atoms with Gasteiger partial charge in [0.1, 0.15) is 0 Å². The Bertz CT molecular complexity index is 33.4. The predicted molar refractivity (Wildman–Crippen MR) is 30.1 cm³/mol. The summed E-state index contributed by atoms with van der Waals surface area (Å²) in [5, 5.41) is 0. The molecule has 0 aromatic heterocycles. The second-order valence-electron chi connectivity index (χ2n) is 1.93. The Balaban J connectivity index is -0.0000000417. The maximum absolute atomic E-state index is 2.27. The molecule has 0 aliphatic rings. The average molecular weight is 213 g/mol. The van der Waals surface area contributed by atoms with Crippen molar-refractivity contribution in [2.75, 3.05) is 0 Å². The SMILES string of the molecule is CC(C)C[CH2][Zr+3].[OH-].[OH-].[OH-]. The van der Waals surface area contributed by atoms with Crippen molar-refractivity contribution in [3.8, 4) is 0 Å². The fraction of sp³-hybridized carbons (Fsp3) is 1.00. The molecule has 0 atom stereocenters. The average Bonchev–Trinajstić information content (AvgIpc) is 1.35. The van der Waals surface area contributed by atoms with Crippen LogP contribution < -0.4 is 0 Å². The van der Waals surface area contributed by atoms with Crippen molar-refractivity contribution in [2.24, 2.45) is 5.92 Å². The van der Waals surface area contributed by atoms with E-state index in [1.165, 1.54) is 10.5 Å². The van der Waals surface area contributed by atoms with E-state index in [0.29, 0.717) is 0 Å². The monoisotopic (exact) mass is 212 g/mol. The van der Waals surface area contributed by atoms with Crippen molar-refractivity contribution in [3.63, 3.8) is 0 Å². The Morgan fingerprint density at radius 2 is 1.44 bits per heavy atom. The summed E-state index contributed by atoms with van der Waals surface area (Å²) in [6.07, 6.45) is 1.42. The summed E-state index contributed by atoms with van der Waals surface area (Å²) in [6.45, 7) is 4.54. The van der Waals surface area contributed by atoms with E-state index in [0.717, 1.165) is 5.92 Å². The summed E-state index contributed by atoms with van der Waals surface area (Å²) in [4.78, 5) is 0. The van der Waals surface area contributed by atoms with Crippen molar-refractivity contribution < 1.29 is 41.1 Å². The molecule has 0 aliphatic carbocycles. The molecule has 0 saturated carbocycles. The van der Waals surface area contributed by atoms with Crippen molar-refractivity contribution >= 4 is 0 Å². The van der Waals surface area contributed by atoms with E-state index in [1.54, 1.807) is 24.7 Å². The molecule has 0 saturated heterocycles. The van der Waals surface area contributed by atoms with E-state index in [-0.39, 0.29) is 16.4 Å².